The van der Waals surface area contributed by atoms with E-state index < -0.39 is 5.79 Å². The first kappa shape index (κ1) is 15.3. The first-order valence-electron chi connectivity index (χ1n) is 7.39. The van der Waals surface area contributed by atoms with E-state index >= 15 is 0 Å². The summed E-state index contributed by atoms with van der Waals surface area (Å²) in [6.45, 7) is 8.01. The summed E-state index contributed by atoms with van der Waals surface area (Å²) < 4.78 is 17.2. The smallest absolute Gasteiger partial charge is 0.165 e. The lowest BCUT2D eigenvalue weighted by molar-refractivity contribution is -0.294. The average molecular weight is 278 g/mol. The molecule has 0 unspecified atom stereocenters. The molecule has 1 saturated heterocycles. The molecular weight excluding hydrogens is 252 g/mol. The molecule has 3 nitrogen and oxygen atoms in total. The van der Waals surface area contributed by atoms with Crippen molar-refractivity contribution < 1.29 is 14.2 Å². The molecule has 2 rings (SSSR count). The van der Waals surface area contributed by atoms with Crippen LogP contribution in [0.5, 0.6) is 5.75 Å². The van der Waals surface area contributed by atoms with Gasteiger partial charge >= 0.3 is 0 Å². The molecule has 0 N–H and O–H groups in total. The third kappa shape index (κ3) is 3.74. The van der Waals surface area contributed by atoms with E-state index in [9.17, 15) is 0 Å². The molecule has 0 spiro atoms. The van der Waals surface area contributed by atoms with E-state index in [0.29, 0.717) is 0 Å². The monoisotopic (exact) mass is 278 g/mol. The molecule has 0 radical (unpaired) electrons. The Hall–Kier alpha value is -1.06. The zero-order valence-corrected chi connectivity index (χ0v) is 13.1. The fourth-order valence-corrected chi connectivity index (χ4v) is 2.25. The number of rotatable bonds is 5. The fraction of sp³-hybridized carbons (Fsp3) is 0.647. The van der Waals surface area contributed by atoms with Crippen LogP contribution < -0.4 is 4.74 Å². The SMILES string of the molecule is CCC1(C)COC(C)(CCc2ccc(OC)cc2)OC1. The summed E-state index contributed by atoms with van der Waals surface area (Å²) in [6, 6.07) is 8.19. The minimum absolute atomic E-state index is 0.166. The second kappa shape index (κ2) is 6.15. The lowest BCUT2D eigenvalue weighted by Gasteiger charge is -2.43. The van der Waals surface area contributed by atoms with Crippen LogP contribution in [0, 0.1) is 5.41 Å². The minimum Gasteiger partial charge on any atom is -0.497 e. The third-order valence-electron chi connectivity index (χ3n) is 4.33. The average Bonchev–Trinajstić information content (AvgIpc) is 2.49. The minimum atomic E-state index is -0.450. The Morgan fingerprint density at radius 1 is 1.10 bits per heavy atom. The fourth-order valence-electron chi connectivity index (χ4n) is 2.25. The molecule has 112 valence electrons. The largest absolute Gasteiger partial charge is 0.497 e. The summed E-state index contributed by atoms with van der Waals surface area (Å²) in [5.74, 6) is 0.443. The highest BCUT2D eigenvalue weighted by atomic mass is 16.7. The van der Waals surface area contributed by atoms with Gasteiger partial charge in [0.1, 0.15) is 5.75 Å². The van der Waals surface area contributed by atoms with Gasteiger partial charge in [0.2, 0.25) is 0 Å². The number of hydrogen-bond donors (Lipinski definition) is 0. The van der Waals surface area contributed by atoms with Crippen molar-refractivity contribution in [2.45, 2.75) is 45.8 Å². The lowest BCUT2D eigenvalue weighted by atomic mass is 9.88. The summed E-state index contributed by atoms with van der Waals surface area (Å²) in [5.41, 5.74) is 1.45. The summed E-state index contributed by atoms with van der Waals surface area (Å²) >= 11 is 0. The van der Waals surface area contributed by atoms with Crippen molar-refractivity contribution in [2.75, 3.05) is 20.3 Å². The van der Waals surface area contributed by atoms with Crippen molar-refractivity contribution in [3.05, 3.63) is 29.8 Å². The summed E-state index contributed by atoms with van der Waals surface area (Å²) in [4.78, 5) is 0. The molecule has 0 aliphatic carbocycles. The molecule has 3 heteroatoms. The Balaban J connectivity index is 1.87. The maximum atomic E-state index is 5.99. The van der Waals surface area contributed by atoms with Crippen LogP contribution in [-0.4, -0.2) is 26.1 Å². The number of hydrogen-bond acceptors (Lipinski definition) is 3. The second-order valence-corrected chi connectivity index (χ2v) is 6.22. The van der Waals surface area contributed by atoms with Crippen molar-refractivity contribution in [3.8, 4) is 5.75 Å². The molecule has 0 amide bonds. The Bertz CT molecular complexity index is 416. The van der Waals surface area contributed by atoms with Gasteiger partial charge in [-0.3, -0.25) is 0 Å². The molecule has 0 atom stereocenters. The van der Waals surface area contributed by atoms with Gasteiger partial charge in [-0.1, -0.05) is 26.0 Å². The molecule has 1 aliphatic rings. The third-order valence-corrected chi connectivity index (χ3v) is 4.33. The maximum Gasteiger partial charge on any atom is 0.165 e. The van der Waals surface area contributed by atoms with Gasteiger partial charge in [0.25, 0.3) is 0 Å². The van der Waals surface area contributed by atoms with Crippen LogP contribution in [0.2, 0.25) is 0 Å². The lowest BCUT2D eigenvalue weighted by Crippen LogP contribution is -2.46. The van der Waals surface area contributed by atoms with Crippen LogP contribution in [0.15, 0.2) is 24.3 Å². The van der Waals surface area contributed by atoms with E-state index in [4.69, 9.17) is 14.2 Å². The molecular formula is C17H26O3. The predicted octanol–water partition coefficient (Wildman–Crippen LogP) is 3.81. The van der Waals surface area contributed by atoms with E-state index in [1.54, 1.807) is 7.11 Å². The Kier molecular flexibility index (Phi) is 4.71. The Morgan fingerprint density at radius 2 is 1.70 bits per heavy atom. The van der Waals surface area contributed by atoms with Gasteiger partial charge in [-0.05, 0) is 37.5 Å². The highest BCUT2D eigenvalue weighted by molar-refractivity contribution is 5.27. The van der Waals surface area contributed by atoms with Crippen LogP contribution in [0.4, 0.5) is 0 Å². The van der Waals surface area contributed by atoms with Crippen molar-refractivity contribution in [2.24, 2.45) is 5.41 Å². The van der Waals surface area contributed by atoms with Crippen LogP contribution in [0.3, 0.4) is 0 Å². The second-order valence-electron chi connectivity index (χ2n) is 6.22. The highest BCUT2D eigenvalue weighted by Crippen LogP contribution is 2.34. The Labute approximate surface area is 122 Å². The zero-order chi connectivity index (χ0) is 14.6. The van der Waals surface area contributed by atoms with Crippen molar-refractivity contribution in [1.82, 2.24) is 0 Å². The van der Waals surface area contributed by atoms with Crippen LogP contribution >= 0.6 is 0 Å². The summed E-state index contributed by atoms with van der Waals surface area (Å²) in [5, 5.41) is 0. The van der Waals surface area contributed by atoms with Gasteiger partial charge in [0, 0.05) is 11.8 Å². The standard InChI is InChI=1S/C17H26O3/c1-5-16(2)12-19-17(3,20-13-16)11-10-14-6-8-15(18-4)9-7-14/h6-9H,5,10-13H2,1-4H3. The quantitative estimate of drug-likeness (QED) is 0.819. The topological polar surface area (TPSA) is 27.7 Å². The van der Waals surface area contributed by atoms with E-state index in [0.717, 1.165) is 38.2 Å². The van der Waals surface area contributed by atoms with Crippen LogP contribution in [-0.2, 0) is 15.9 Å². The predicted molar refractivity (Wildman–Crippen MR) is 80.0 cm³/mol. The molecule has 1 heterocycles. The molecule has 20 heavy (non-hydrogen) atoms. The summed E-state index contributed by atoms with van der Waals surface area (Å²) in [7, 11) is 1.69. The number of aryl methyl sites for hydroxylation is 1. The van der Waals surface area contributed by atoms with Gasteiger partial charge in [-0.2, -0.15) is 0 Å². The van der Waals surface area contributed by atoms with E-state index in [1.807, 2.05) is 19.1 Å². The van der Waals surface area contributed by atoms with E-state index in [-0.39, 0.29) is 5.41 Å². The zero-order valence-electron chi connectivity index (χ0n) is 13.1. The molecule has 1 aromatic rings. The first-order chi connectivity index (χ1) is 9.49. The van der Waals surface area contributed by atoms with Crippen LogP contribution in [0.1, 0.15) is 39.2 Å². The number of benzene rings is 1. The van der Waals surface area contributed by atoms with Gasteiger partial charge in [0.15, 0.2) is 5.79 Å². The normalized spacial score (nSPS) is 30.2. The van der Waals surface area contributed by atoms with Crippen LogP contribution in [0.25, 0.3) is 0 Å². The molecule has 0 saturated carbocycles. The number of ether oxygens (including phenoxy) is 3. The van der Waals surface area contributed by atoms with Crippen molar-refractivity contribution in [1.29, 1.82) is 0 Å². The number of methoxy groups -OCH3 is 1. The first-order valence-corrected chi connectivity index (χ1v) is 7.39. The highest BCUT2D eigenvalue weighted by Gasteiger charge is 2.37. The van der Waals surface area contributed by atoms with Crippen molar-refractivity contribution in [3.63, 3.8) is 0 Å². The molecule has 0 bridgehead atoms. The van der Waals surface area contributed by atoms with E-state index in [1.165, 1.54) is 5.56 Å². The summed E-state index contributed by atoms with van der Waals surface area (Å²) in [6.07, 6.45) is 2.91. The van der Waals surface area contributed by atoms with Gasteiger partial charge < -0.3 is 14.2 Å². The van der Waals surface area contributed by atoms with Gasteiger partial charge in [-0.15, -0.1) is 0 Å². The molecule has 0 aromatic heterocycles. The van der Waals surface area contributed by atoms with Gasteiger partial charge in [0.05, 0.1) is 20.3 Å². The maximum absolute atomic E-state index is 5.99. The molecule has 1 fully saturated rings. The molecule has 1 aromatic carbocycles. The Morgan fingerprint density at radius 3 is 2.20 bits per heavy atom. The van der Waals surface area contributed by atoms with Crippen molar-refractivity contribution >= 4 is 0 Å². The molecule has 1 aliphatic heterocycles. The van der Waals surface area contributed by atoms with Gasteiger partial charge in [-0.25, -0.2) is 0 Å². The van der Waals surface area contributed by atoms with E-state index in [2.05, 4.69) is 26.0 Å².